The summed E-state index contributed by atoms with van der Waals surface area (Å²) in [6.45, 7) is 1.67. The monoisotopic (exact) mass is 328 g/mol. The van der Waals surface area contributed by atoms with Crippen LogP contribution in [0.5, 0.6) is 0 Å². The van der Waals surface area contributed by atoms with Crippen molar-refractivity contribution in [2.24, 2.45) is 11.7 Å². The SMILES string of the molecule is NCC1CC(NCc2ccccc2)CCC1c1cccc(Cl)c1. The van der Waals surface area contributed by atoms with Crippen LogP contribution in [0.25, 0.3) is 0 Å². The topological polar surface area (TPSA) is 38.0 Å². The van der Waals surface area contributed by atoms with Crippen molar-refractivity contribution in [2.45, 2.75) is 37.8 Å². The van der Waals surface area contributed by atoms with E-state index in [9.17, 15) is 0 Å². The summed E-state index contributed by atoms with van der Waals surface area (Å²) in [4.78, 5) is 0. The van der Waals surface area contributed by atoms with Crippen LogP contribution in [0.4, 0.5) is 0 Å². The molecule has 3 rings (SSSR count). The molecule has 23 heavy (non-hydrogen) atoms. The largest absolute Gasteiger partial charge is 0.330 e. The summed E-state index contributed by atoms with van der Waals surface area (Å²) in [7, 11) is 0. The van der Waals surface area contributed by atoms with Gasteiger partial charge in [0.25, 0.3) is 0 Å². The molecule has 1 aliphatic rings. The van der Waals surface area contributed by atoms with E-state index in [1.165, 1.54) is 24.0 Å². The third-order valence-electron chi connectivity index (χ3n) is 5.00. The van der Waals surface area contributed by atoms with E-state index in [1.807, 2.05) is 12.1 Å². The average molecular weight is 329 g/mol. The van der Waals surface area contributed by atoms with Gasteiger partial charge in [-0.1, -0.05) is 54.1 Å². The van der Waals surface area contributed by atoms with Crippen LogP contribution in [-0.4, -0.2) is 12.6 Å². The van der Waals surface area contributed by atoms with Crippen LogP contribution in [0.2, 0.25) is 5.02 Å². The zero-order chi connectivity index (χ0) is 16.1. The van der Waals surface area contributed by atoms with E-state index in [0.717, 1.165) is 24.5 Å². The summed E-state index contributed by atoms with van der Waals surface area (Å²) < 4.78 is 0. The molecule has 1 fully saturated rings. The Bertz CT molecular complexity index is 614. The van der Waals surface area contributed by atoms with Gasteiger partial charge in [0.2, 0.25) is 0 Å². The van der Waals surface area contributed by atoms with Gasteiger partial charge in [0, 0.05) is 17.6 Å². The molecule has 0 aromatic heterocycles. The van der Waals surface area contributed by atoms with Gasteiger partial charge >= 0.3 is 0 Å². The molecule has 0 bridgehead atoms. The van der Waals surface area contributed by atoms with Gasteiger partial charge in [0.1, 0.15) is 0 Å². The molecule has 1 saturated carbocycles. The van der Waals surface area contributed by atoms with Crippen LogP contribution in [0, 0.1) is 5.92 Å². The van der Waals surface area contributed by atoms with Gasteiger partial charge < -0.3 is 11.1 Å². The Hall–Kier alpha value is -1.35. The van der Waals surface area contributed by atoms with Crippen LogP contribution >= 0.6 is 11.6 Å². The normalized spacial score (nSPS) is 24.5. The molecule has 2 aromatic carbocycles. The Labute approximate surface area is 144 Å². The molecular weight excluding hydrogens is 304 g/mol. The summed E-state index contributed by atoms with van der Waals surface area (Å²) in [5, 5.41) is 4.53. The molecule has 2 nitrogen and oxygen atoms in total. The Morgan fingerprint density at radius 3 is 2.61 bits per heavy atom. The maximum absolute atomic E-state index is 6.16. The lowest BCUT2D eigenvalue weighted by atomic mass is 9.73. The summed E-state index contributed by atoms with van der Waals surface area (Å²) in [6.07, 6.45) is 3.51. The van der Waals surface area contributed by atoms with Crippen molar-refractivity contribution in [2.75, 3.05) is 6.54 Å². The van der Waals surface area contributed by atoms with E-state index in [-0.39, 0.29) is 0 Å². The minimum atomic E-state index is 0.524. The minimum absolute atomic E-state index is 0.524. The smallest absolute Gasteiger partial charge is 0.0408 e. The highest BCUT2D eigenvalue weighted by Gasteiger charge is 2.30. The molecule has 3 heteroatoms. The summed E-state index contributed by atoms with van der Waals surface area (Å²) in [6, 6.07) is 19.4. The van der Waals surface area contributed by atoms with E-state index >= 15 is 0 Å². The molecule has 0 aliphatic heterocycles. The van der Waals surface area contributed by atoms with E-state index in [4.69, 9.17) is 17.3 Å². The van der Waals surface area contributed by atoms with Gasteiger partial charge in [-0.2, -0.15) is 0 Å². The summed E-state index contributed by atoms with van der Waals surface area (Å²) >= 11 is 6.16. The van der Waals surface area contributed by atoms with Gasteiger partial charge in [-0.25, -0.2) is 0 Å². The molecule has 0 spiro atoms. The number of nitrogens with two attached hydrogens (primary N) is 1. The maximum Gasteiger partial charge on any atom is 0.0408 e. The first-order valence-electron chi connectivity index (χ1n) is 8.49. The van der Waals surface area contributed by atoms with E-state index in [2.05, 4.69) is 47.8 Å². The van der Waals surface area contributed by atoms with Crippen molar-refractivity contribution in [3.63, 3.8) is 0 Å². The Kier molecular flexibility index (Phi) is 5.71. The molecule has 1 aliphatic carbocycles. The first kappa shape index (κ1) is 16.5. The number of hydrogen-bond acceptors (Lipinski definition) is 2. The standard InChI is InChI=1S/C20H25ClN2/c21-18-8-4-7-16(11-18)20-10-9-19(12-17(20)13-22)23-14-15-5-2-1-3-6-15/h1-8,11,17,19-20,23H,9-10,12-14,22H2. The average Bonchev–Trinajstić information content (AvgIpc) is 2.60. The van der Waals surface area contributed by atoms with Crippen LogP contribution in [0.1, 0.15) is 36.3 Å². The third kappa shape index (κ3) is 4.35. The fourth-order valence-electron chi connectivity index (χ4n) is 3.74. The van der Waals surface area contributed by atoms with Crippen LogP contribution in [0.15, 0.2) is 54.6 Å². The van der Waals surface area contributed by atoms with Gasteiger partial charge in [-0.05, 0) is 60.9 Å². The summed E-state index contributed by atoms with van der Waals surface area (Å²) in [5.74, 6) is 1.06. The van der Waals surface area contributed by atoms with Gasteiger partial charge in [0.05, 0.1) is 0 Å². The summed E-state index contributed by atoms with van der Waals surface area (Å²) in [5.41, 5.74) is 8.76. The van der Waals surface area contributed by atoms with Crippen molar-refractivity contribution >= 4 is 11.6 Å². The number of halogens is 1. The van der Waals surface area contributed by atoms with Crippen LogP contribution in [0.3, 0.4) is 0 Å². The lowest BCUT2D eigenvalue weighted by molar-refractivity contribution is 0.254. The van der Waals surface area contributed by atoms with E-state index in [1.54, 1.807) is 0 Å². The van der Waals surface area contributed by atoms with Crippen molar-refractivity contribution in [1.82, 2.24) is 5.32 Å². The molecule has 122 valence electrons. The second kappa shape index (κ2) is 7.96. The second-order valence-electron chi connectivity index (χ2n) is 6.53. The second-order valence-corrected chi connectivity index (χ2v) is 6.97. The van der Waals surface area contributed by atoms with E-state index in [0.29, 0.717) is 17.9 Å². The maximum atomic E-state index is 6.16. The number of rotatable bonds is 5. The predicted molar refractivity (Wildman–Crippen MR) is 97.7 cm³/mol. The molecular formula is C20H25ClN2. The fourth-order valence-corrected chi connectivity index (χ4v) is 3.94. The first-order valence-corrected chi connectivity index (χ1v) is 8.87. The number of hydrogen-bond donors (Lipinski definition) is 2. The Morgan fingerprint density at radius 2 is 1.87 bits per heavy atom. The minimum Gasteiger partial charge on any atom is -0.330 e. The fraction of sp³-hybridized carbons (Fsp3) is 0.400. The van der Waals surface area contributed by atoms with Crippen molar-refractivity contribution in [1.29, 1.82) is 0 Å². The highest BCUT2D eigenvalue weighted by molar-refractivity contribution is 6.30. The van der Waals surface area contributed by atoms with Crippen LogP contribution in [-0.2, 0) is 6.54 Å². The zero-order valence-electron chi connectivity index (χ0n) is 13.4. The third-order valence-corrected chi connectivity index (χ3v) is 5.23. The van der Waals surface area contributed by atoms with Gasteiger partial charge in [0.15, 0.2) is 0 Å². The molecule has 3 N–H and O–H groups in total. The molecule has 0 amide bonds. The Balaban J connectivity index is 1.60. The number of benzene rings is 2. The molecule has 2 aromatic rings. The molecule has 0 saturated heterocycles. The van der Waals surface area contributed by atoms with Crippen molar-refractivity contribution in [3.8, 4) is 0 Å². The van der Waals surface area contributed by atoms with Crippen molar-refractivity contribution < 1.29 is 0 Å². The zero-order valence-corrected chi connectivity index (χ0v) is 14.2. The van der Waals surface area contributed by atoms with E-state index < -0.39 is 0 Å². The van der Waals surface area contributed by atoms with Gasteiger partial charge in [-0.3, -0.25) is 0 Å². The lowest BCUT2D eigenvalue weighted by Crippen LogP contribution is -2.39. The molecule has 3 unspecified atom stereocenters. The molecule has 0 heterocycles. The highest BCUT2D eigenvalue weighted by atomic mass is 35.5. The molecule has 0 radical (unpaired) electrons. The first-order chi connectivity index (χ1) is 11.3. The quantitative estimate of drug-likeness (QED) is 0.856. The lowest BCUT2D eigenvalue weighted by Gasteiger charge is -2.36. The Morgan fingerprint density at radius 1 is 1.04 bits per heavy atom. The predicted octanol–water partition coefficient (Wildman–Crippen LogP) is 4.34. The van der Waals surface area contributed by atoms with Crippen molar-refractivity contribution in [3.05, 3.63) is 70.7 Å². The molecule has 3 atom stereocenters. The van der Waals surface area contributed by atoms with Crippen LogP contribution < -0.4 is 11.1 Å². The number of nitrogens with one attached hydrogen (secondary N) is 1. The highest BCUT2D eigenvalue weighted by Crippen LogP contribution is 2.38. The van der Waals surface area contributed by atoms with Gasteiger partial charge in [-0.15, -0.1) is 0 Å².